The van der Waals surface area contributed by atoms with E-state index in [9.17, 15) is 4.39 Å². The molecule has 0 spiro atoms. The Hall–Kier alpha value is -0.0300. The van der Waals surface area contributed by atoms with E-state index >= 15 is 0 Å². The Labute approximate surface area is 127 Å². The molecule has 5 heteroatoms. The summed E-state index contributed by atoms with van der Waals surface area (Å²) in [6.07, 6.45) is 0. The molecule has 2 aromatic carbocycles. The fourth-order valence-electron chi connectivity index (χ4n) is 1.44. The van der Waals surface area contributed by atoms with Crippen molar-refractivity contribution in [2.75, 3.05) is 0 Å². The van der Waals surface area contributed by atoms with E-state index in [4.69, 9.17) is 34.8 Å². The second kappa shape index (κ2) is 5.31. The van der Waals surface area contributed by atoms with E-state index in [1.54, 1.807) is 18.2 Å². The summed E-state index contributed by atoms with van der Waals surface area (Å²) in [5.74, 6) is -0.317. The van der Waals surface area contributed by atoms with E-state index in [1.807, 2.05) is 0 Å². The summed E-state index contributed by atoms with van der Waals surface area (Å²) >= 11 is 20.0. The highest BCUT2D eigenvalue weighted by Crippen LogP contribution is 2.39. The molecule has 2 aromatic rings. The van der Waals surface area contributed by atoms with Crippen molar-refractivity contribution >= 4 is 57.4 Å². The standard InChI is InChI=1S/C12H5Cl3FI/c13-9-3-2-7(11(14)12(9)15)8-5-6(16)1-4-10(8)17/h1-5H. The molecule has 0 aromatic heterocycles. The minimum absolute atomic E-state index is 0.283. The third kappa shape index (κ3) is 2.70. The van der Waals surface area contributed by atoms with Gasteiger partial charge in [-0.15, -0.1) is 0 Å². The van der Waals surface area contributed by atoms with E-state index in [2.05, 4.69) is 22.6 Å². The summed E-state index contributed by atoms with van der Waals surface area (Å²) in [7, 11) is 0. The highest BCUT2D eigenvalue weighted by Gasteiger charge is 2.13. The largest absolute Gasteiger partial charge is 0.207 e. The van der Waals surface area contributed by atoms with E-state index < -0.39 is 0 Å². The molecule has 0 N–H and O–H groups in total. The van der Waals surface area contributed by atoms with Crippen molar-refractivity contribution in [1.29, 1.82) is 0 Å². The van der Waals surface area contributed by atoms with E-state index in [0.717, 1.165) is 3.57 Å². The molecule has 0 aliphatic heterocycles. The zero-order chi connectivity index (χ0) is 12.6. The third-order valence-corrected chi connectivity index (χ3v) is 4.49. The first-order chi connectivity index (χ1) is 8.00. The molecule has 0 atom stereocenters. The molecule has 0 fully saturated rings. The molecule has 0 bridgehead atoms. The Morgan fingerprint density at radius 2 is 1.59 bits per heavy atom. The molecule has 0 aliphatic rings. The van der Waals surface area contributed by atoms with Crippen LogP contribution in [0.2, 0.25) is 15.1 Å². The van der Waals surface area contributed by atoms with Crippen LogP contribution >= 0.6 is 57.4 Å². The average Bonchev–Trinajstić information content (AvgIpc) is 2.30. The molecule has 17 heavy (non-hydrogen) atoms. The van der Waals surface area contributed by atoms with Gasteiger partial charge in [-0.1, -0.05) is 40.9 Å². The van der Waals surface area contributed by atoms with Gasteiger partial charge in [-0.25, -0.2) is 4.39 Å². The minimum atomic E-state index is -0.317. The summed E-state index contributed by atoms with van der Waals surface area (Å²) in [5, 5.41) is 1.00. The van der Waals surface area contributed by atoms with Crippen molar-refractivity contribution < 1.29 is 4.39 Å². The van der Waals surface area contributed by atoms with Crippen LogP contribution in [0.1, 0.15) is 0 Å². The van der Waals surface area contributed by atoms with E-state index in [-0.39, 0.29) is 10.8 Å². The van der Waals surface area contributed by atoms with Gasteiger partial charge < -0.3 is 0 Å². The lowest BCUT2D eigenvalue weighted by Crippen LogP contribution is -1.87. The molecular formula is C12H5Cl3FI. The lowest BCUT2D eigenvalue weighted by Gasteiger charge is -2.09. The normalized spacial score (nSPS) is 10.6. The van der Waals surface area contributed by atoms with Gasteiger partial charge in [0, 0.05) is 9.13 Å². The van der Waals surface area contributed by atoms with Crippen LogP contribution in [-0.2, 0) is 0 Å². The first kappa shape index (κ1) is 13.4. The van der Waals surface area contributed by atoms with Crippen molar-refractivity contribution in [3.63, 3.8) is 0 Å². The van der Waals surface area contributed by atoms with Gasteiger partial charge in [0.2, 0.25) is 0 Å². The number of benzene rings is 2. The quantitative estimate of drug-likeness (QED) is 0.403. The van der Waals surface area contributed by atoms with Gasteiger partial charge in [-0.05, 0) is 52.4 Å². The highest BCUT2D eigenvalue weighted by molar-refractivity contribution is 14.1. The van der Waals surface area contributed by atoms with Crippen molar-refractivity contribution in [3.8, 4) is 11.1 Å². The molecule has 0 amide bonds. The van der Waals surface area contributed by atoms with Crippen LogP contribution in [0, 0.1) is 9.39 Å². The number of rotatable bonds is 1. The van der Waals surface area contributed by atoms with Crippen molar-refractivity contribution in [3.05, 3.63) is 54.8 Å². The van der Waals surface area contributed by atoms with Crippen LogP contribution < -0.4 is 0 Å². The fourth-order valence-corrected chi connectivity index (χ4v) is 2.70. The Bertz CT molecular complexity index is 584. The molecule has 0 radical (unpaired) electrons. The van der Waals surface area contributed by atoms with Gasteiger partial charge >= 0.3 is 0 Å². The Morgan fingerprint density at radius 3 is 2.29 bits per heavy atom. The molecule has 88 valence electrons. The third-order valence-electron chi connectivity index (χ3n) is 2.25. The van der Waals surface area contributed by atoms with Crippen LogP contribution in [0.3, 0.4) is 0 Å². The fraction of sp³-hybridized carbons (Fsp3) is 0. The first-order valence-electron chi connectivity index (χ1n) is 4.59. The topological polar surface area (TPSA) is 0 Å². The van der Waals surface area contributed by atoms with Gasteiger partial charge in [0.25, 0.3) is 0 Å². The van der Waals surface area contributed by atoms with Gasteiger partial charge in [0.15, 0.2) is 0 Å². The summed E-state index contributed by atoms with van der Waals surface area (Å²) in [4.78, 5) is 0. The molecule has 0 heterocycles. The van der Waals surface area contributed by atoms with Crippen LogP contribution in [0.15, 0.2) is 30.3 Å². The van der Waals surface area contributed by atoms with Gasteiger partial charge in [0.05, 0.1) is 15.1 Å². The zero-order valence-electron chi connectivity index (χ0n) is 8.28. The monoisotopic (exact) mass is 400 g/mol. The molecule has 0 nitrogen and oxygen atoms in total. The maximum absolute atomic E-state index is 13.2. The van der Waals surface area contributed by atoms with Crippen LogP contribution in [0.5, 0.6) is 0 Å². The maximum Gasteiger partial charge on any atom is 0.123 e. The van der Waals surface area contributed by atoms with Crippen molar-refractivity contribution in [1.82, 2.24) is 0 Å². The Morgan fingerprint density at radius 1 is 0.882 bits per heavy atom. The summed E-state index contributed by atoms with van der Waals surface area (Å²) < 4.78 is 14.1. The molecule has 0 saturated carbocycles. The lowest BCUT2D eigenvalue weighted by atomic mass is 10.1. The second-order valence-electron chi connectivity index (χ2n) is 3.35. The highest BCUT2D eigenvalue weighted by atomic mass is 127. The summed E-state index contributed by atoms with van der Waals surface area (Å²) in [5.41, 5.74) is 1.37. The van der Waals surface area contributed by atoms with Crippen LogP contribution in [0.4, 0.5) is 4.39 Å². The SMILES string of the molecule is Fc1ccc(I)c(-c2ccc(Cl)c(Cl)c2Cl)c1. The minimum Gasteiger partial charge on any atom is -0.207 e. The number of hydrogen-bond donors (Lipinski definition) is 0. The van der Waals surface area contributed by atoms with E-state index in [1.165, 1.54) is 12.1 Å². The predicted molar refractivity (Wildman–Crippen MR) is 79.6 cm³/mol. The van der Waals surface area contributed by atoms with Gasteiger partial charge in [-0.2, -0.15) is 0 Å². The predicted octanol–water partition coefficient (Wildman–Crippen LogP) is 6.06. The lowest BCUT2D eigenvalue weighted by molar-refractivity contribution is 0.628. The van der Waals surface area contributed by atoms with Crippen molar-refractivity contribution in [2.45, 2.75) is 0 Å². The summed E-state index contributed by atoms with van der Waals surface area (Å²) in [6, 6.07) is 7.88. The van der Waals surface area contributed by atoms with E-state index in [0.29, 0.717) is 21.2 Å². The number of halogens is 5. The molecular weight excluding hydrogens is 396 g/mol. The van der Waals surface area contributed by atoms with Crippen LogP contribution in [0.25, 0.3) is 11.1 Å². The van der Waals surface area contributed by atoms with Crippen LogP contribution in [-0.4, -0.2) is 0 Å². The first-order valence-corrected chi connectivity index (χ1v) is 6.81. The maximum atomic E-state index is 13.2. The molecule has 0 aliphatic carbocycles. The molecule has 0 unspecified atom stereocenters. The Balaban J connectivity index is 2.69. The zero-order valence-corrected chi connectivity index (χ0v) is 12.7. The molecule has 2 rings (SSSR count). The van der Waals surface area contributed by atoms with Crippen molar-refractivity contribution in [2.24, 2.45) is 0 Å². The summed E-state index contributed by atoms with van der Waals surface area (Å²) in [6.45, 7) is 0. The Kier molecular flexibility index (Phi) is 4.18. The molecule has 0 saturated heterocycles. The smallest absolute Gasteiger partial charge is 0.123 e. The van der Waals surface area contributed by atoms with Gasteiger partial charge in [0.1, 0.15) is 5.82 Å². The second-order valence-corrected chi connectivity index (χ2v) is 5.67. The van der Waals surface area contributed by atoms with Gasteiger partial charge in [-0.3, -0.25) is 0 Å². The average molecular weight is 401 g/mol. The number of hydrogen-bond acceptors (Lipinski definition) is 0.